The number of thioether (sulfide) groups is 1. The number of fused-ring (bicyclic) bond motifs is 1. The van der Waals surface area contributed by atoms with Crippen LogP contribution in [0, 0.1) is 22.4 Å². The highest BCUT2D eigenvalue weighted by molar-refractivity contribution is 8.27. The number of amides is 1. The molecule has 27 heavy (non-hydrogen) atoms. The van der Waals surface area contributed by atoms with E-state index < -0.39 is 16.7 Å². The van der Waals surface area contributed by atoms with E-state index in [-0.39, 0.29) is 17.2 Å². The number of carbonyl (C=O) groups is 1. The smallest absolute Gasteiger partial charge is 0.401 e. The van der Waals surface area contributed by atoms with Crippen LogP contribution in [0.1, 0.15) is 16.9 Å². The van der Waals surface area contributed by atoms with Crippen molar-refractivity contribution in [2.24, 2.45) is 10.1 Å². The number of carbonyl (C=O) groups excluding carboxylic acids is 1. The van der Waals surface area contributed by atoms with Gasteiger partial charge in [-0.05, 0) is 36.9 Å². The Kier molecular flexibility index (Phi) is 3.96. The maximum atomic E-state index is 12.3. The first kappa shape index (κ1) is 16.9. The Bertz CT molecular complexity index is 1100. The molecule has 0 saturated heterocycles. The van der Waals surface area contributed by atoms with Gasteiger partial charge in [0, 0.05) is 5.56 Å². The van der Waals surface area contributed by atoms with E-state index in [0.29, 0.717) is 10.2 Å². The normalized spacial score (nSPS) is 17.8. The van der Waals surface area contributed by atoms with Crippen molar-refractivity contribution in [1.29, 1.82) is 5.41 Å². The molecule has 1 aromatic heterocycles. The van der Waals surface area contributed by atoms with E-state index in [9.17, 15) is 14.9 Å². The van der Waals surface area contributed by atoms with Crippen molar-refractivity contribution in [3.63, 3.8) is 0 Å². The van der Waals surface area contributed by atoms with Gasteiger partial charge in [0.25, 0.3) is 5.91 Å². The first-order valence-electron chi connectivity index (χ1n) is 7.74. The molecule has 0 unspecified atom stereocenters. The van der Waals surface area contributed by atoms with Crippen LogP contribution in [0.25, 0.3) is 6.08 Å². The number of hydrazone groups is 1. The number of nitro groups is 1. The van der Waals surface area contributed by atoms with Crippen molar-refractivity contribution in [2.75, 3.05) is 0 Å². The van der Waals surface area contributed by atoms with Gasteiger partial charge in [-0.25, -0.2) is 0 Å². The van der Waals surface area contributed by atoms with E-state index in [1.165, 1.54) is 35.0 Å². The van der Waals surface area contributed by atoms with Gasteiger partial charge < -0.3 is 4.42 Å². The van der Waals surface area contributed by atoms with Gasteiger partial charge >= 0.3 is 5.88 Å². The predicted molar refractivity (Wildman–Crippen MR) is 101 cm³/mol. The molecule has 2 aromatic rings. The minimum atomic E-state index is -0.679. The van der Waals surface area contributed by atoms with Gasteiger partial charge in [-0.2, -0.15) is 15.1 Å². The summed E-state index contributed by atoms with van der Waals surface area (Å²) in [5.41, 5.74) is 1.87. The minimum Gasteiger partial charge on any atom is -0.401 e. The number of hydrogen-bond acceptors (Lipinski definition) is 7. The second-order valence-electron chi connectivity index (χ2n) is 5.73. The molecule has 10 heteroatoms. The summed E-state index contributed by atoms with van der Waals surface area (Å²) in [7, 11) is 0. The number of aliphatic imine (C=N–C) groups is 1. The highest BCUT2D eigenvalue weighted by atomic mass is 32.2. The minimum absolute atomic E-state index is 0.0576. The Hall–Kier alpha value is -3.53. The van der Waals surface area contributed by atoms with Crippen LogP contribution in [0.2, 0.25) is 0 Å². The monoisotopic (exact) mass is 381 g/mol. The van der Waals surface area contributed by atoms with Crippen LogP contribution < -0.4 is 0 Å². The van der Waals surface area contributed by atoms with Gasteiger partial charge in [-0.3, -0.25) is 20.3 Å². The molecule has 0 radical (unpaired) electrons. The fourth-order valence-electron chi connectivity index (χ4n) is 2.55. The summed E-state index contributed by atoms with van der Waals surface area (Å²) in [6, 6.07) is 10.2. The molecule has 1 aromatic carbocycles. The Labute approximate surface area is 156 Å². The maximum absolute atomic E-state index is 12.3. The topological polar surface area (TPSA) is 125 Å². The lowest BCUT2D eigenvalue weighted by Gasteiger charge is -2.19. The fraction of sp³-hybridized carbons (Fsp3) is 0.0588. The lowest BCUT2D eigenvalue weighted by atomic mass is 10.1. The molecule has 2 aliphatic heterocycles. The van der Waals surface area contributed by atoms with Gasteiger partial charge in [0.05, 0.1) is 11.6 Å². The van der Waals surface area contributed by atoms with Crippen LogP contribution in [0.3, 0.4) is 0 Å². The Morgan fingerprint density at radius 1 is 1.33 bits per heavy atom. The summed E-state index contributed by atoms with van der Waals surface area (Å²) in [6.07, 6.45) is 1.25. The van der Waals surface area contributed by atoms with Crippen LogP contribution in [0.4, 0.5) is 5.88 Å². The van der Waals surface area contributed by atoms with Crippen molar-refractivity contribution >= 4 is 45.7 Å². The standard InChI is InChI=1S/C17H11N5O4S/c1-9-3-2-4-10(7-9)16-20-21-14(18)12(15(23)19-17(21)27-16)8-11-5-6-13(26-11)22(24)25/h2-8,18H,1H3/b12-8+,18-14?. The van der Waals surface area contributed by atoms with E-state index in [4.69, 9.17) is 9.83 Å². The lowest BCUT2D eigenvalue weighted by Crippen LogP contribution is -2.35. The summed E-state index contributed by atoms with van der Waals surface area (Å²) in [5.74, 6) is -1.15. The fourth-order valence-corrected chi connectivity index (χ4v) is 3.43. The van der Waals surface area contributed by atoms with Crippen molar-refractivity contribution in [3.8, 4) is 0 Å². The van der Waals surface area contributed by atoms with E-state index in [1.807, 2.05) is 31.2 Å². The number of nitrogens with one attached hydrogen (secondary N) is 1. The molecule has 3 heterocycles. The van der Waals surface area contributed by atoms with Crippen molar-refractivity contribution in [1.82, 2.24) is 5.01 Å². The van der Waals surface area contributed by atoms with E-state index in [2.05, 4.69) is 10.1 Å². The zero-order chi connectivity index (χ0) is 19.1. The second-order valence-corrected chi connectivity index (χ2v) is 6.68. The SMILES string of the molecule is Cc1cccc(C2=NN3C(=N)/C(=C\c4ccc([N+](=O)[O-])o4)C(=O)N=C3S2)c1. The van der Waals surface area contributed by atoms with Crippen molar-refractivity contribution in [3.05, 3.63) is 69.0 Å². The first-order chi connectivity index (χ1) is 12.9. The molecule has 134 valence electrons. The predicted octanol–water partition coefficient (Wildman–Crippen LogP) is 3.16. The molecule has 0 bridgehead atoms. The van der Waals surface area contributed by atoms with E-state index in [1.54, 1.807) is 0 Å². The molecule has 0 atom stereocenters. The molecule has 9 nitrogen and oxygen atoms in total. The number of benzene rings is 1. The second kappa shape index (κ2) is 6.32. The van der Waals surface area contributed by atoms with Gasteiger partial charge in [0.2, 0.25) is 5.17 Å². The average Bonchev–Trinajstić information content (AvgIpc) is 3.26. The molecule has 0 saturated carbocycles. The van der Waals surface area contributed by atoms with Crippen LogP contribution in [-0.4, -0.2) is 31.9 Å². The largest absolute Gasteiger partial charge is 0.433 e. The molecular weight excluding hydrogens is 370 g/mol. The molecule has 4 rings (SSSR count). The van der Waals surface area contributed by atoms with Gasteiger partial charge in [-0.1, -0.05) is 23.8 Å². The number of rotatable bonds is 3. The summed E-state index contributed by atoms with van der Waals surface area (Å²) < 4.78 is 5.03. The van der Waals surface area contributed by atoms with Gasteiger partial charge in [0.15, 0.2) is 5.84 Å². The quantitative estimate of drug-likeness (QED) is 0.494. The highest BCUT2D eigenvalue weighted by Gasteiger charge is 2.36. The summed E-state index contributed by atoms with van der Waals surface area (Å²) in [6.45, 7) is 1.96. The molecule has 0 spiro atoms. The number of nitrogens with zero attached hydrogens (tertiary/aromatic N) is 4. The van der Waals surface area contributed by atoms with Crippen LogP contribution in [0.15, 0.2) is 56.5 Å². The molecule has 1 amide bonds. The number of hydrogen-bond donors (Lipinski definition) is 1. The van der Waals surface area contributed by atoms with Crippen LogP contribution in [-0.2, 0) is 4.79 Å². The summed E-state index contributed by atoms with van der Waals surface area (Å²) in [5, 5.41) is 25.6. The molecule has 1 N–H and O–H groups in total. The first-order valence-corrected chi connectivity index (χ1v) is 8.55. The van der Waals surface area contributed by atoms with Crippen molar-refractivity contribution < 1.29 is 14.1 Å². The third-order valence-corrected chi connectivity index (χ3v) is 4.76. The van der Waals surface area contributed by atoms with Gasteiger partial charge in [-0.15, -0.1) is 0 Å². The highest BCUT2D eigenvalue weighted by Crippen LogP contribution is 2.31. The van der Waals surface area contributed by atoms with Gasteiger partial charge in [0.1, 0.15) is 15.7 Å². The summed E-state index contributed by atoms with van der Waals surface area (Å²) >= 11 is 1.20. The molecular formula is C17H11N5O4S. The maximum Gasteiger partial charge on any atom is 0.433 e. The number of amidine groups is 2. The lowest BCUT2D eigenvalue weighted by molar-refractivity contribution is -0.402. The molecule has 2 aliphatic rings. The zero-order valence-corrected chi connectivity index (χ0v) is 14.7. The van der Waals surface area contributed by atoms with E-state index >= 15 is 0 Å². The van der Waals surface area contributed by atoms with Crippen molar-refractivity contribution in [2.45, 2.75) is 6.92 Å². The number of furan rings is 1. The Morgan fingerprint density at radius 2 is 2.15 bits per heavy atom. The number of aryl methyl sites for hydroxylation is 1. The zero-order valence-electron chi connectivity index (χ0n) is 13.9. The van der Waals surface area contributed by atoms with Crippen LogP contribution >= 0.6 is 11.8 Å². The Balaban J connectivity index is 1.68. The Morgan fingerprint density at radius 3 is 2.85 bits per heavy atom. The average molecular weight is 381 g/mol. The third kappa shape index (κ3) is 3.06. The molecule has 0 fully saturated rings. The van der Waals surface area contributed by atoms with E-state index in [0.717, 1.165) is 11.1 Å². The third-order valence-electron chi connectivity index (χ3n) is 3.80. The van der Waals surface area contributed by atoms with Crippen LogP contribution in [0.5, 0.6) is 0 Å². The molecule has 0 aliphatic carbocycles. The summed E-state index contributed by atoms with van der Waals surface area (Å²) in [4.78, 5) is 26.3.